The van der Waals surface area contributed by atoms with E-state index >= 15 is 0 Å². The summed E-state index contributed by atoms with van der Waals surface area (Å²) in [5.74, 6) is -0.241. The Balaban J connectivity index is 1.65. The molecule has 1 aromatic carbocycles. The molecule has 0 saturated heterocycles. The van der Waals surface area contributed by atoms with Crippen LogP contribution in [0.4, 0.5) is 4.39 Å². The first-order chi connectivity index (χ1) is 10.6. The van der Waals surface area contributed by atoms with Crippen LogP contribution in [-0.4, -0.2) is 26.7 Å². The summed E-state index contributed by atoms with van der Waals surface area (Å²) in [4.78, 5) is 6.67. The van der Waals surface area contributed by atoms with Crippen LogP contribution in [0, 0.1) is 12.7 Å². The summed E-state index contributed by atoms with van der Waals surface area (Å²) < 4.78 is 14.7. The van der Waals surface area contributed by atoms with Gasteiger partial charge in [0.15, 0.2) is 0 Å². The van der Waals surface area contributed by atoms with E-state index in [1.54, 1.807) is 28.2 Å². The first kappa shape index (κ1) is 14.9. The number of hydrogen-bond acceptors (Lipinski definition) is 4. The molecule has 22 heavy (non-hydrogen) atoms. The summed E-state index contributed by atoms with van der Waals surface area (Å²) in [5, 5.41) is 7.52. The molecule has 0 aliphatic rings. The molecule has 0 atom stereocenters. The second kappa shape index (κ2) is 6.37. The molecule has 0 bridgehead atoms. The Morgan fingerprint density at radius 3 is 2.68 bits per heavy atom. The highest BCUT2D eigenvalue weighted by Crippen LogP contribution is 2.13. The average molecular weight is 316 g/mol. The minimum atomic E-state index is -0.241. The molecule has 0 amide bonds. The van der Waals surface area contributed by atoms with Gasteiger partial charge in [-0.15, -0.1) is 11.3 Å². The Bertz CT molecular complexity index is 748. The zero-order valence-corrected chi connectivity index (χ0v) is 13.3. The van der Waals surface area contributed by atoms with Crippen LogP contribution in [0.5, 0.6) is 0 Å². The predicted molar refractivity (Wildman–Crippen MR) is 85.5 cm³/mol. The molecule has 0 unspecified atom stereocenters. The lowest BCUT2D eigenvalue weighted by Gasteiger charge is -2.13. The van der Waals surface area contributed by atoms with Gasteiger partial charge >= 0.3 is 0 Å². The second-order valence-corrected chi connectivity index (χ2v) is 6.36. The predicted octanol–water partition coefficient (Wildman–Crippen LogP) is 3.41. The van der Waals surface area contributed by atoms with Crippen LogP contribution in [0.25, 0.3) is 5.69 Å². The molecule has 4 nitrogen and oxygen atoms in total. The average Bonchev–Trinajstić information content (AvgIpc) is 3.09. The first-order valence-corrected chi connectivity index (χ1v) is 7.87. The highest BCUT2D eigenvalue weighted by molar-refractivity contribution is 7.09. The molecule has 2 aromatic heterocycles. The van der Waals surface area contributed by atoms with E-state index in [9.17, 15) is 4.39 Å². The van der Waals surface area contributed by atoms with Crippen molar-refractivity contribution < 1.29 is 4.39 Å². The van der Waals surface area contributed by atoms with E-state index in [4.69, 9.17) is 0 Å². The summed E-state index contributed by atoms with van der Waals surface area (Å²) in [6.45, 7) is 3.62. The fourth-order valence-corrected chi connectivity index (χ4v) is 2.91. The maximum absolute atomic E-state index is 12.9. The van der Waals surface area contributed by atoms with Gasteiger partial charge in [0.2, 0.25) is 0 Å². The molecule has 2 heterocycles. The Kier molecular flexibility index (Phi) is 4.31. The summed E-state index contributed by atoms with van der Waals surface area (Å²) in [6.07, 6.45) is 3.81. The molecule has 0 aliphatic carbocycles. The van der Waals surface area contributed by atoms with E-state index in [1.807, 2.05) is 19.3 Å². The van der Waals surface area contributed by atoms with Crippen molar-refractivity contribution in [3.05, 3.63) is 64.1 Å². The van der Waals surface area contributed by atoms with Crippen molar-refractivity contribution >= 4 is 11.3 Å². The van der Waals surface area contributed by atoms with E-state index in [1.165, 1.54) is 12.1 Å². The van der Waals surface area contributed by atoms with E-state index in [-0.39, 0.29) is 5.82 Å². The van der Waals surface area contributed by atoms with E-state index < -0.39 is 0 Å². The summed E-state index contributed by atoms with van der Waals surface area (Å²) in [5.41, 5.74) is 3.06. The van der Waals surface area contributed by atoms with Crippen LogP contribution in [-0.2, 0) is 13.1 Å². The summed E-state index contributed by atoms with van der Waals surface area (Å²) in [6, 6.07) is 6.31. The monoisotopic (exact) mass is 316 g/mol. The van der Waals surface area contributed by atoms with Gasteiger partial charge in [-0.1, -0.05) is 0 Å². The summed E-state index contributed by atoms with van der Waals surface area (Å²) in [7, 11) is 2.06. The maximum Gasteiger partial charge on any atom is 0.123 e. The highest BCUT2D eigenvalue weighted by Gasteiger charge is 2.07. The molecule has 0 spiro atoms. The molecule has 0 fully saturated rings. The number of aromatic nitrogens is 3. The molecule has 0 radical (unpaired) electrons. The topological polar surface area (TPSA) is 34.0 Å². The highest BCUT2D eigenvalue weighted by atomic mass is 32.1. The Hall–Kier alpha value is -2.05. The van der Waals surface area contributed by atoms with Gasteiger partial charge in [-0.2, -0.15) is 5.10 Å². The zero-order chi connectivity index (χ0) is 15.5. The van der Waals surface area contributed by atoms with Gasteiger partial charge in [0.25, 0.3) is 0 Å². The standard InChI is InChI=1S/C16H17FN4S/c1-12-19-15(11-22-12)10-20(2)8-13-7-18-21(9-13)16-5-3-14(17)4-6-16/h3-7,9,11H,8,10H2,1-2H3. The molecule has 0 aliphatic heterocycles. The van der Waals surface area contributed by atoms with E-state index in [0.29, 0.717) is 0 Å². The van der Waals surface area contributed by atoms with Crippen molar-refractivity contribution in [3.8, 4) is 5.69 Å². The summed E-state index contributed by atoms with van der Waals surface area (Å²) >= 11 is 1.67. The zero-order valence-electron chi connectivity index (χ0n) is 12.5. The normalized spacial score (nSPS) is 11.3. The van der Waals surface area contributed by atoms with Crippen molar-refractivity contribution in [1.29, 1.82) is 0 Å². The largest absolute Gasteiger partial charge is 0.296 e. The van der Waals surface area contributed by atoms with E-state index in [0.717, 1.165) is 35.0 Å². The number of rotatable bonds is 5. The van der Waals surface area contributed by atoms with Crippen molar-refractivity contribution in [3.63, 3.8) is 0 Å². The SMILES string of the molecule is Cc1nc(CN(C)Cc2cnn(-c3ccc(F)cc3)c2)cs1. The molecule has 0 N–H and O–H groups in total. The fourth-order valence-electron chi connectivity index (χ4n) is 2.30. The number of hydrogen-bond donors (Lipinski definition) is 0. The van der Waals surface area contributed by atoms with Gasteiger partial charge < -0.3 is 0 Å². The fraction of sp³-hybridized carbons (Fsp3) is 0.250. The third kappa shape index (κ3) is 3.58. The van der Waals surface area contributed by atoms with Crippen LogP contribution in [0.1, 0.15) is 16.3 Å². The van der Waals surface area contributed by atoms with Gasteiger partial charge in [-0.3, -0.25) is 4.90 Å². The van der Waals surface area contributed by atoms with Gasteiger partial charge in [-0.25, -0.2) is 14.1 Å². The molecule has 3 rings (SSSR count). The Morgan fingerprint density at radius 2 is 2.00 bits per heavy atom. The molecular formula is C16H17FN4S. The lowest BCUT2D eigenvalue weighted by molar-refractivity contribution is 0.315. The minimum Gasteiger partial charge on any atom is -0.296 e. The van der Waals surface area contributed by atoms with Crippen LogP contribution < -0.4 is 0 Å². The number of nitrogens with zero attached hydrogens (tertiary/aromatic N) is 4. The van der Waals surface area contributed by atoms with Gasteiger partial charge in [0, 0.05) is 30.2 Å². The van der Waals surface area contributed by atoms with Crippen LogP contribution in [0.2, 0.25) is 0 Å². The second-order valence-electron chi connectivity index (χ2n) is 5.30. The first-order valence-electron chi connectivity index (χ1n) is 6.99. The Morgan fingerprint density at radius 1 is 1.23 bits per heavy atom. The van der Waals surface area contributed by atoms with Crippen LogP contribution in [0.15, 0.2) is 42.0 Å². The Labute approximate surface area is 132 Å². The molecule has 0 saturated carbocycles. The molecule has 6 heteroatoms. The molecule has 114 valence electrons. The molecular weight excluding hydrogens is 299 g/mol. The maximum atomic E-state index is 12.9. The smallest absolute Gasteiger partial charge is 0.123 e. The van der Waals surface area contributed by atoms with Crippen molar-refractivity contribution in [2.75, 3.05) is 7.05 Å². The number of halogens is 1. The third-order valence-corrected chi connectivity index (χ3v) is 4.10. The number of benzene rings is 1. The van der Waals surface area contributed by atoms with Crippen LogP contribution >= 0.6 is 11.3 Å². The quantitative estimate of drug-likeness (QED) is 0.723. The van der Waals surface area contributed by atoms with Crippen LogP contribution in [0.3, 0.4) is 0 Å². The molecule has 3 aromatic rings. The lowest BCUT2D eigenvalue weighted by Crippen LogP contribution is -2.17. The van der Waals surface area contributed by atoms with Gasteiger partial charge in [-0.05, 0) is 38.2 Å². The van der Waals surface area contributed by atoms with Gasteiger partial charge in [0.1, 0.15) is 5.82 Å². The van der Waals surface area contributed by atoms with Crippen molar-refractivity contribution in [1.82, 2.24) is 19.7 Å². The third-order valence-electron chi connectivity index (χ3n) is 3.28. The minimum absolute atomic E-state index is 0.241. The van der Waals surface area contributed by atoms with Crippen molar-refractivity contribution in [2.45, 2.75) is 20.0 Å². The van der Waals surface area contributed by atoms with Gasteiger partial charge in [0.05, 0.1) is 22.6 Å². The van der Waals surface area contributed by atoms with E-state index in [2.05, 4.69) is 27.4 Å². The number of aryl methyl sites for hydroxylation is 1. The number of thiazole rings is 1. The lowest BCUT2D eigenvalue weighted by atomic mass is 10.3. The van der Waals surface area contributed by atoms with Crippen molar-refractivity contribution in [2.24, 2.45) is 0 Å².